The van der Waals surface area contributed by atoms with Gasteiger partial charge >= 0.3 is 0 Å². The van der Waals surface area contributed by atoms with Gasteiger partial charge in [0.2, 0.25) is 0 Å². The molecule has 0 fully saturated rings. The Morgan fingerprint density at radius 3 is 2.26 bits per heavy atom. The van der Waals surface area contributed by atoms with Crippen molar-refractivity contribution < 1.29 is 19.1 Å². The Morgan fingerprint density at radius 2 is 1.67 bits per heavy atom. The number of hydrogen-bond donors (Lipinski definition) is 2. The summed E-state index contributed by atoms with van der Waals surface area (Å²) in [6, 6.07) is 7.27. The van der Waals surface area contributed by atoms with Crippen LogP contribution in [0.1, 0.15) is 50.0 Å². The molecule has 1 heterocycles. The van der Waals surface area contributed by atoms with E-state index >= 15 is 0 Å². The Balaban J connectivity index is 1.80. The summed E-state index contributed by atoms with van der Waals surface area (Å²) in [5.41, 5.74) is 9.32. The molecule has 0 atom stereocenters. The zero-order valence-corrected chi connectivity index (χ0v) is 15.0. The highest BCUT2D eigenvalue weighted by molar-refractivity contribution is 6.06. The van der Waals surface area contributed by atoms with Crippen LogP contribution in [0.15, 0.2) is 46.8 Å². The largest absolute Gasteiger partial charge is 0.484 e. The molecule has 1 aromatic carbocycles. The SMILES string of the molecule is NC(=O)COc1cccc(C2C3=C(CCCC3=O)NC3=C2C(=O)CCC3)c1. The molecule has 1 aromatic rings. The summed E-state index contributed by atoms with van der Waals surface area (Å²) in [7, 11) is 0. The molecule has 0 unspecified atom stereocenters. The number of ether oxygens (including phenoxy) is 1. The second-order valence-electron chi connectivity index (χ2n) is 7.22. The number of amides is 1. The molecular weight excluding hydrogens is 344 g/mol. The standard InChI is InChI=1S/C21H22N2O4/c22-18(26)11-27-13-5-1-4-12(10-13)19-20-14(6-2-8-16(20)24)23-15-7-3-9-17(25)21(15)19/h1,4-5,10,19,23H,2-3,6-9,11H2,(H2,22,26). The van der Waals surface area contributed by atoms with Gasteiger partial charge in [0.1, 0.15) is 5.75 Å². The van der Waals surface area contributed by atoms with Crippen LogP contribution < -0.4 is 15.8 Å². The van der Waals surface area contributed by atoms with E-state index in [9.17, 15) is 14.4 Å². The number of ketones is 2. The van der Waals surface area contributed by atoms with E-state index in [1.165, 1.54) is 0 Å². The Kier molecular flexibility index (Phi) is 4.56. The van der Waals surface area contributed by atoms with Crippen molar-refractivity contribution in [3.05, 3.63) is 52.4 Å². The first-order chi connectivity index (χ1) is 13.0. The summed E-state index contributed by atoms with van der Waals surface area (Å²) < 4.78 is 5.43. The van der Waals surface area contributed by atoms with Gasteiger partial charge in [-0.05, 0) is 43.4 Å². The number of benzene rings is 1. The quantitative estimate of drug-likeness (QED) is 0.852. The predicted octanol–water partition coefficient (Wildman–Crippen LogP) is 2.25. The van der Waals surface area contributed by atoms with Crippen molar-refractivity contribution in [2.45, 2.75) is 44.4 Å². The predicted molar refractivity (Wildman–Crippen MR) is 98.8 cm³/mol. The van der Waals surface area contributed by atoms with Crippen molar-refractivity contribution in [3.8, 4) is 5.75 Å². The van der Waals surface area contributed by atoms with Gasteiger partial charge in [0.05, 0.1) is 0 Å². The van der Waals surface area contributed by atoms with Gasteiger partial charge in [-0.25, -0.2) is 0 Å². The number of dihydropyridines is 1. The van der Waals surface area contributed by atoms with Gasteiger partial charge in [-0.1, -0.05) is 12.1 Å². The van der Waals surface area contributed by atoms with E-state index in [1.807, 2.05) is 12.1 Å². The Bertz CT molecular complexity index is 855. The zero-order valence-electron chi connectivity index (χ0n) is 15.0. The van der Waals surface area contributed by atoms with E-state index < -0.39 is 5.91 Å². The van der Waals surface area contributed by atoms with E-state index in [0.29, 0.717) is 29.7 Å². The van der Waals surface area contributed by atoms with Crippen molar-refractivity contribution in [2.24, 2.45) is 5.73 Å². The minimum atomic E-state index is -0.554. The van der Waals surface area contributed by atoms with Gasteiger partial charge in [-0.15, -0.1) is 0 Å². The lowest BCUT2D eigenvalue weighted by Gasteiger charge is -2.37. The summed E-state index contributed by atoms with van der Waals surface area (Å²) in [4.78, 5) is 36.5. The molecule has 3 aliphatic rings. The third kappa shape index (κ3) is 3.27. The number of nitrogens with one attached hydrogen (secondary N) is 1. The fourth-order valence-corrected chi connectivity index (χ4v) is 4.25. The number of allylic oxidation sites excluding steroid dienone is 4. The average molecular weight is 366 g/mol. The van der Waals surface area contributed by atoms with Gasteiger partial charge in [-0.2, -0.15) is 0 Å². The lowest BCUT2D eigenvalue weighted by Crippen LogP contribution is -2.36. The van der Waals surface area contributed by atoms with Crippen LogP contribution in [0.4, 0.5) is 0 Å². The van der Waals surface area contributed by atoms with Crippen LogP contribution in [0.2, 0.25) is 0 Å². The van der Waals surface area contributed by atoms with Gasteiger partial charge in [0.15, 0.2) is 18.2 Å². The second-order valence-corrected chi connectivity index (χ2v) is 7.22. The van der Waals surface area contributed by atoms with Crippen LogP contribution in [0.5, 0.6) is 5.75 Å². The summed E-state index contributed by atoms with van der Waals surface area (Å²) in [5.74, 6) is -0.221. The first-order valence-corrected chi connectivity index (χ1v) is 9.35. The fraction of sp³-hybridized carbons (Fsp3) is 0.381. The molecule has 0 bridgehead atoms. The zero-order chi connectivity index (χ0) is 19.0. The normalized spacial score (nSPS) is 20.1. The molecule has 6 nitrogen and oxygen atoms in total. The second kappa shape index (κ2) is 7.02. The van der Waals surface area contributed by atoms with Crippen molar-refractivity contribution >= 4 is 17.5 Å². The Morgan fingerprint density at radius 1 is 1.04 bits per heavy atom. The van der Waals surface area contributed by atoms with E-state index in [1.54, 1.807) is 12.1 Å². The van der Waals surface area contributed by atoms with Crippen LogP contribution in [0, 0.1) is 0 Å². The summed E-state index contributed by atoms with van der Waals surface area (Å²) >= 11 is 0. The van der Waals surface area contributed by atoms with Crippen LogP contribution in [-0.2, 0) is 14.4 Å². The number of hydrogen-bond acceptors (Lipinski definition) is 5. The maximum Gasteiger partial charge on any atom is 0.255 e. The van der Waals surface area contributed by atoms with Gasteiger partial charge in [0.25, 0.3) is 5.91 Å². The molecular formula is C21H22N2O4. The third-order valence-corrected chi connectivity index (χ3v) is 5.36. The Labute approximate surface area is 157 Å². The molecule has 0 saturated carbocycles. The first-order valence-electron chi connectivity index (χ1n) is 9.35. The van der Waals surface area contributed by atoms with Crippen LogP contribution in [0.3, 0.4) is 0 Å². The molecule has 0 saturated heterocycles. The fourth-order valence-electron chi connectivity index (χ4n) is 4.25. The Hall–Kier alpha value is -2.89. The number of carbonyl (C=O) groups excluding carboxylic acids is 3. The highest BCUT2D eigenvalue weighted by Crippen LogP contribution is 2.45. The van der Waals surface area contributed by atoms with Crippen molar-refractivity contribution in [3.63, 3.8) is 0 Å². The number of carbonyl (C=O) groups is 3. The van der Waals surface area contributed by atoms with E-state index in [2.05, 4.69) is 5.32 Å². The molecule has 140 valence electrons. The van der Waals surface area contributed by atoms with Gasteiger partial charge in [0, 0.05) is 41.3 Å². The summed E-state index contributed by atoms with van der Waals surface area (Å²) in [5, 5.41) is 3.40. The molecule has 6 heteroatoms. The smallest absolute Gasteiger partial charge is 0.255 e. The topological polar surface area (TPSA) is 98.5 Å². The molecule has 2 aliphatic carbocycles. The summed E-state index contributed by atoms with van der Waals surface area (Å²) in [6.45, 7) is -0.213. The van der Waals surface area contributed by atoms with Gasteiger partial charge in [-0.3, -0.25) is 14.4 Å². The molecule has 3 N–H and O–H groups in total. The highest BCUT2D eigenvalue weighted by atomic mass is 16.5. The third-order valence-electron chi connectivity index (χ3n) is 5.36. The van der Waals surface area contributed by atoms with Gasteiger partial charge < -0.3 is 15.8 Å². The van der Waals surface area contributed by atoms with E-state index in [0.717, 1.165) is 42.6 Å². The number of rotatable bonds is 4. The maximum atomic E-state index is 12.8. The maximum absolute atomic E-state index is 12.8. The van der Waals surface area contributed by atoms with Crippen LogP contribution >= 0.6 is 0 Å². The average Bonchev–Trinajstić information content (AvgIpc) is 2.65. The lowest BCUT2D eigenvalue weighted by atomic mass is 9.71. The first kappa shape index (κ1) is 17.5. The van der Waals surface area contributed by atoms with Crippen molar-refractivity contribution in [1.82, 2.24) is 5.32 Å². The van der Waals surface area contributed by atoms with E-state index in [-0.39, 0.29) is 24.1 Å². The minimum Gasteiger partial charge on any atom is -0.484 e. The molecule has 1 aliphatic heterocycles. The minimum absolute atomic E-state index is 0.0992. The lowest BCUT2D eigenvalue weighted by molar-refractivity contribution is -0.120. The monoisotopic (exact) mass is 366 g/mol. The summed E-state index contributed by atoms with van der Waals surface area (Å²) in [6.07, 6.45) is 4.31. The van der Waals surface area contributed by atoms with Crippen LogP contribution in [-0.4, -0.2) is 24.1 Å². The van der Waals surface area contributed by atoms with Crippen molar-refractivity contribution in [1.29, 1.82) is 0 Å². The number of nitrogens with two attached hydrogens (primary N) is 1. The number of primary amides is 1. The van der Waals surface area contributed by atoms with Crippen LogP contribution in [0.25, 0.3) is 0 Å². The van der Waals surface area contributed by atoms with Crippen molar-refractivity contribution in [2.75, 3.05) is 6.61 Å². The van der Waals surface area contributed by atoms with E-state index in [4.69, 9.17) is 10.5 Å². The number of Topliss-reactive ketones (excluding diaryl/α,β-unsaturated/α-hetero) is 2. The molecule has 27 heavy (non-hydrogen) atoms. The molecule has 0 aromatic heterocycles. The highest BCUT2D eigenvalue weighted by Gasteiger charge is 2.40. The molecule has 4 rings (SSSR count). The molecule has 0 spiro atoms. The molecule has 1 amide bonds. The molecule has 0 radical (unpaired) electrons.